The Morgan fingerprint density at radius 3 is 1.40 bits per heavy atom. The number of benzene rings is 6. The van der Waals surface area contributed by atoms with E-state index in [4.69, 9.17) is 9.19 Å². The van der Waals surface area contributed by atoms with Crippen molar-refractivity contribution in [3.05, 3.63) is 237 Å². The van der Waals surface area contributed by atoms with Gasteiger partial charge in [0.2, 0.25) is 0 Å². The summed E-state index contributed by atoms with van der Waals surface area (Å²) >= 11 is -0.704. The molecule has 4 heteroatoms. The van der Waals surface area contributed by atoms with Gasteiger partial charge < -0.3 is 0 Å². The summed E-state index contributed by atoms with van der Waals surface area (Å²) in [4.78, 5) is 5.04. The summed E-state index contributed by atoms with van der Waals surface area (Å²) in [5, 5.41) is 0. The van der Waals surface area contributed by atoms with Crippen LogP contribution in [0.15, 0.2) is 176 Å². The number of aryl methyl sites for hydroxylation is 4. The fourth-order valence-electron chi connectivity index (χ4n) is 8.45. The number of hydrogen-bond acceptors (Lipinski definition) is 2. The summed E-state index contributed by atoms with van der Waals surface area (Å²) in [6.07, 6.45) is 9.09. The molecule has 268 valence electrons. The quantitative estimate of drug-likeness (QED) is 0.105. The molecule has 2 aliphatic rings. The molecule has 0 radical (unpaired) electrons. The molecule has 0 fully saturated rings. The standard InChI is InChI=1S/C49H43N2.Au.ClH/c1-34-28-36(3)46(37(4)29-34)45-27-17-26-42-32-50(33-51(42)45)49-43(47(38-18-9-5-10-19-38)39-20-11-6-12-21-39)30-35(2)31-44(49)48(40-22-13-7-14-23-40)41-24-15-8-16-25-41;;/h5-33,47-48H,1-4H3;;1H/p-1. The zero-order valence-corrected chi connectivity index (χ0v) is 33.4. The van der Waals surface area contributed by atoms with Gasteiger partial charge in [0, 0.05) is 0 Å². The van der Waals surface area contributed by atoms with Gasteiger partial charge in [-0.2, -0.15) is 0 Å². The van der Waals surface area contributed by atoms with Crippen molar-refractivity contribution in [1.82, 2.24) is 4.90 Å². The molecule has 1 atom stereocenters. The van der Waals surface area contributed by atoms with Gasteiger partial charge in [-0.3, -0.25) is 0 Å². The van der Waals surface area contributed by atoms with E-state index in [1.807, 2.05) is 0 Å². The summed E-state index contributed by atoms with van der Waals surface area (Å²) in [5.41, 5.74) is 17.6. The molecule has 53 heavy (non-hydrogen) atoms. The van der Waals surface area contributed by atoms with Gasteiger partial charge >= 0.3 is 330 Å². The Hall–Kier alpha value is -4.83. The van der Waals surface area contributed by atoms with Crippen molar-refractivity contribution in [1.29, 1.82) is 0 Å². The van der Waals surface area contributed by atoms with E-state index >= 15 is 0 Å². The maximum atomic E-state index is 7.32. The van der Waals surface area contributed by atoms with Crippen LogP contribution in [0.3, 0.4) is 0 Å². The van der Waals surface area contributed by atoms with Gasteiger partial charge in [-0.25, -0.2) is 0 Å². The predicted octanol–water partition coefficient (Wildman–Crippen LogP) is 12.4. The Kier molecular flexibility index (Phi) is 10.1. The van der Waals surface area contributed by atoms with E-state index < -0.39 is 18.7 Å². The fourth-order valence-corrected chi connectivity index (χ4v) is 11.0. The molecule has 0 saturated heterocycles. The van der Waals surface area contributed by atoms with Crippen molar-refractivity contribution in [3.8, 4) is 0 Å². The molecule has 8 rings (SSSR count). The number of allylic oxidation sites excluding steroid dienone is 3. The van der Waals surface area contributed by atoms with Crippen LogP contribution in [0.1, 0.15) is 73.0 Å². The van der Waals surface area contributed by atoms with Crippen molar-refractivity contribution < 1.29 is 18.7 Å². The van der Waals surface area contributed by atoms with Crippen LogP contribution in [0.4, 0.5) is 5.69 Å². The summed E-state index contributed by atoms with van der Waals surface area (Å²) in [6, 6.07) is 53.4. The first-order chi connectivity index (χ1) is 25.9. The predicted molar refractivity (Wildman–Crippen MR) is 219 cm³/mol. The zero-order valence-electron chi connectivity index (χ0n) is 30.5. The number of halogens is 1. The Balaban J connectivity index is 1.42. The summed E-state index contributed by atoms with van der Waals surface area (Å²) in [6.45, 7) is 8.90. The van der Waals surface area contributed by atoms with Crippen LogP contribution < -0.4 is 4.90 Å². The molecule has 2 heterocycles. The second-order valence-electron chi connectivity index (χ2n) is 14.2. The van der Waals surface area contributed by atoms with Crippen molar-refractivity contribution in [3.63, 3.8) is 0 Å². The van der Waals surface area contributed by atoms with Crippen molar-refractivity contribution in [2.24, 2.45) is 0 Å². The van der Waals surface area contributed by atoms with Crippen LogP contribution in [-0.4, -0.2) is 9.28 Å². The molecular weight excluding hydrogens is 849 g/mol. The third-order valence-corrected chi connectivity index (χ3v) is 13.0. The van der Waals surface area contributed by atoms with Crippen molar-refractivity contribution >= 4 is 20.6 Å². The maximum absolute atomic E-state index is 7.32. The van der Waals surface area contributed by atoms with Crippen LogP contribution in [-0.2, 0) is 18.7 Å². The first kappa shape index (κ1) is 35.2. The molecule has 6 aromatic rings. The Labute approximate surface area is 327 Å². The molecule has 0 spiro atoms. The summed E-state index contributed by atoms with van der Waals surface area (Å²) in [7, 11) is 7.32. The molecule has 2 nitrogen and oxygen atoms in total. The third-order valence-electron chi connectivity index (χ3n) is 10.4. The van der Waals surface area contributed by atoms with E-state index in [2.05, 4.69) is 208 Å². The van der Waals surface area contributed by atoms with Crippen LogP contribution >= 0.6 is 9.19 Å². The van der Waals surface area contributed by atoms with Gasteiger partial charge in [-0.05, 0) is 0 Å². The topological polar surface area (TPSA) is 6.48 Å². The summed E-state index contributed by atoms with van der Waals surface area (Å²) < 4.78 is -0.0671. The average Bonchev–Trinajstić information content (AvgIpc) is 3.55. The molecule has 0 bridgehead atoms. The first-order valence-electron chi connectivity index (χ1n) is 18.2. The van der Waals surface area contributed by atoms with Gasteiger partial charge in [-0.15, -0.1) is 0 Å². The van der Waals surface area contributed by atoms with Crippen LogP contribution in [0, 0.1) is 27.7 Å². The van der Waals surface area contributed by atoms with Gasteiger partial charge in [0.15, 0.2) is 0 Å². The Bertz CT molecular complexity index is 2130. The van der Waals surface area contributed by atoms with Crippen LogP contribution in [0.25, 0.3) is 5.70 Å². The molecule has 0 aliphatic carbocycles. The Morgan fingerprint density at radius 2 is 0.981 bits per heavy atom. The van der Waals surface area contributed by atoms with Crippen molar-refractivity contribution in [2.75, 3.05) is 4.90 Å². The SMILES string of the molecule is Cc1cc(C)c(C2=CC=CC3=CN(c4c(C(c5ccccc5)c5ccccc5)cc(C)cc4C(c4ccccc4)c4ccccc4)[CH]([Au-][Cl])N32)c(C)c1. The number of hydrogen-bond donors (Lipinski definition) is 0. The van der Waals surface area contributed by atoms with E-state index in [9.17, 15) is 0 Å². The van der Waals surface area contributed by atoms with Crippen LogP contribution in [0.2, 0.25) is 0 Å². The van der Waals surface area contributed by atoms with Gasteiger partial charge in [0.25, 0.3) is 0 Å². The van der Waals surface area contributed by atoms with Crippen molar-refractivity contribution in [2.45, 2.75) is 43.9 Å². The molecule has 0 amide bonds. The molecule has 0 N–H and O–H groups in total. The van der Waals surface area contributed by atoms with Crippen LogP contribution in [0.5, 0.6) is 0 Å². The molecule has 1 unspecified atom stereocenters. The molecule has 0 saturated carbocycles. The number of fused-ring (bicyclic) bond motifs is 1. The minimum atomic E-state index is -0.704. The second kappa shape index (κ2) is 15.3. The normalized spacial score (nSPS) is 15.3. The number of anilines is 1. The minimum absolute atomic E-state index is 0.00550. The molecule has 0 aromatic heterocycles. The number of nitrogens with zero attached hydrogens (tertiary/aromatic N) is 2. The molecule has 2 aliphatic heterocycles. The Morgan fingerprint density at radius 1 is 0.566 bits per heavy atom. The first-order valence-corrected chi connectivity index (χ1v) is 22.1. The molecule has 6 aromatic carbocycles. The second-order valence-corrected chi connectivity index (χ2v) is 16.8. The van der Waals surface area contributed by atoms with Gasteiger partial charge in [0.1, 0.15) is 0 Å². The molecular formula is C49H43AuClN2-. The summed E-state index contributed by atoms with van der Waals surface area (Å²) in [5.74, 6) is -0.0110. The van der Waals surface area contributed by atoms with Gasteiger partial charge in [-0.1, -0.05) is 0 Å². The third kappa shape index (κ3) is 6.78. The van der Waals surface area contributed by atoms with E-state index in [1.165, 1.54) is 72.6 Å². The van der Waals surface area contributed by atoms with Gasteiger partial charge in [0.05, 0.1) is 0 Å². The van der Waals surface area contributed by atoms with E-state index in [0.717, 1.165) is 5.70 Å². The number of rotatable bonds is 9. The van der Waals surface area contributed by atoms with E-state index in [1.54, 1.807) is 0 Å². The average molecular weight is 892 g/mol. The monoisotopic (exact) mass is 891 g/mol. The fraction of sp³-hybridized carbons (Fsp3) is 0.143. The zero-order chi connectivity index (χ0) is 36.5. The van der Waals surface area contributed by atoms with E-state index in [-0.39, 0.29) is 16.2 Å². The van der Waals surface area contributed by atoms with E-state index in [0.29, 0.717) is 0 Å².